The van der Waals surface area contributed by atoms with Crippen LogP contribution in [0.1, 0.15) is 13.8 Å². The third kappa shape index (κ3) is 5.26. The highest BCUT2D eigenvalue weighted by Gasteiger charge is 2.03. The number of aliphatic hydroxyl groups is 1. The molecule has 1 nitrogen and oxygen atoms in total. The number of terminal acetylenes is 1. The summed E-state index contributed by atoms with van der Waals surface area (Å²) < 4.78 is 0. The van der Waals surface area contributed by atoms with Gasteiger partial charge in [0.25, 0.3) is 0 Å². The first kappa shape index (κ1) is 7.26. The summed E-state index contributed by atoms with van der Waals surface area (Å²) >= 11 is 0. The molecule has 0 heterocycles. The maximum absolute atomic E-state index is 8.97. The average molecular weight is 110 g/mol. The van der Waals surface area contributed by atoms with Gasteiger partial charge in [0, 0.05) is 0 Å². The van der Waals surface area contributed by atoms with Crippen LogP contribution in [-0.2, 0) is 0 Å². The maximum atomic E-state index is 8.97. The van der Waals surface area contributed by atoms with Gasteiger partial charge in [-0.25, -0.2) is 0 Å². The molecule has 44 valence electrons. The standard InChI is InChI=1S/C7H10O/c1-4-5-6-7(2,3)8/h1,5-6,8H,2-3H3/b6-5+. The predicted octanol–water partition coefficient (Wildman–Crippen LogP) is 0.947. The van der Waals surface area contributed by atoms with E-state index in [9.17, 15) is 0 Å². The molecule has 0 saturated carbocycles. The van der Waals surface area contributed by atoms with Crippen LogP contribution in [0.25, 0.3) is 0 Å². The molecule has 0 fully saturated rings. The molecule has 0 radical (unpaired) electrons. The topological polar surface area (TPSA) is 20.2 Å². The Balaban J connectivity index is 3.75. The quantitative estimate of drug-likeness (QED) is 0.498. The predicted molar refractivity (Wildman–Crippen MR) is 34.3 cm³/mol. The Morgan fingerprint density at radius 1 is 1.62 bits per heavy atom. The molecule has 0 atom stereocenters. The number of allylic oxidation sites excluding steroid dienone is 1. The fourth-order valence-electron chi connectivity index (χ4n) is 0.252. The van der Waals surface area contributed by atoms with Crippen LogP contribution < -0.4 is 0 Å². The maximum Gasteiger partial charge on any atom is 0.0780 e. The Morgan fingerprint density at radius 2 is 2.12 bits per heavy atom. The summed E-state index contributed by atoms with van der Waals surface area (Å²) in [5.41, 5.74) is -0.771. The molecule has 0 unspecified atom stereocenters. The summed E-state index contributed by atoms with van der Waals surface area (Å²) in [5.74, 6) is 2.28. The molecule has 0 saturated heterocycles. The largest absolute Gasteiger partial charge is 0.386 e. The van der Waals surface area contributed by atoms with Crippen molar-refractivity contribution in [2.75, 3.05) is 0 Å². The van der Waals surface area contributed by atoms with Gasteiger partial charge in [-0.3, -0.25) is 0 Å². The summed E-state index contributed by atoms with van der Waals surface area (Å²) in [6, 6.07) is 0. The molecular formula is C7H10O. The lowest BCUT2D eigenvalue weighted by atomic mass is 10.1. The normalized spacial score (nSPS) is 11.8. The molecule has 0 aliphatic carbocycles. The molecule has 0 rings (SSSR count). The van der Waals surface area contributed by atoms with Crippen molar-refractivity contribution in [3.63, 3.8) is 0 Å². The van der Waals surface area contributed by atoms with Gasteiger partial charge in [-0.15, -0.1) is 6.42 Å². The van der Waals surface area contributed by atoms with Gasteiger partial charge in [0.1, 0.15) is 0 Å². The van der Waals surface area contributed by atoms with Crippen LogP contribution in [0.2, 0.25) is 0 Å². The van der Waals surface area contributed by atoms with Gasteiger partial charge in [-0.05, 0) is 26.0 Å². The van der Waals surface area contributed by atoms with Crippen LogP contribution in [0, 0.1) is 12.3 Å². The Labute approximate surface area is 50.0 Å². The second-order valence-electron chi connectivity index (χ2n) is 2.15. The summed E-state index contributed by atoms with van der Waals surface area (Å²) in [6.07, 6.45) is 7.94. The van der Waals surface area contributed by atoms with Crippen LogP contribution in [-0.4, -0.2) is 10.7 Å². The van der Waals surface area contributed by atoms with Crippen molar-refractivity contribution in [3.8, 4) is 12.3 Å². The molecule has 0 aromatic carbocycles. The first-order chi connectivity index (χ1) is 3.56. The lowest BCUT2D eigenvalue weighted by Gasteiger charge is -2.08. The van der Waals surface area contributed by atoms with Gasteiger partial charge in [0.2, 0.25) is 0 Å². The molecule has 8 heavy (non-hydrogen) atoms. The van der Waals surface area contributed by atoms with E-state index in [1.165, 1.54) is 6.08 Å². The van der Waals surface area contributed by atoms with Crippen molar-refractivity contribution in [2.45, 2.75) is 19.4 Å². The minimum atomic E-state index is -0.771. The zero-order valence-corrected chi connectivity index (χ0v) is 5.18. The van der Waals surface area contributed by atoms with E-state index in [0.717, 1.165) is 0 Å². The van der Waals surface area contributed by atoms with E-state index in [1.807, 2.05) is 0 Å². The van der Waals surface area contributed by atoms with E-state index >= 15 is 0 Å². The zero-order valence-electron chi connectivity index (χ0n) is 5.18. The van der Waals surface area contributed by atoms with Crippen molar-refractivity contribution in [2.24, 2.45) is 0 Å². The molecule has 0 aromatic heterocycles. The van der Waals surface area contributed by atoms with Gasteiger partial charge < -0.3 is 5.11 Å². The summed E-state index contributed by atoms with van der Waals surface area (Å²) in [4.78, 5) is 0. The first-order valence-electron chi connectivity index (χ1n) is 2.42. The zero-order chi connectivity index (χ0) is 6.62. The highest BCUT2D eigenvalue weighted by Crippen LogP contribution is 2.00. The molecule has 0 aromatic rings. The SMILES string of the molecule is C#C/C=C/C(C)(C)O. The Morgan fingerprint density at radius 3 is 2.25 bits per heavy atom. The van der Waals surface area contributed by atoms with Gasteiger partial charge in [-0.2, -0.15) is 0 Å². The average Bonchev–Trinajstić information content (AvgIpc) is 1.59. The summed E-state index contributed by atoms with van der Waals surface area (Å²) in [5, 5.41) is 8.97. The van der Waals surface area contributed by atoms with E-state index in [4.69, 9.17) is 11.5 Å². The van der Waals surface area contributed by atoms with E-state index in [1.54, 1.807) is 19.9 Å². The van der Waals surface area contributed by atoms with E-state index < -0.39 is 5.60 Å². The monoisotopic (exact) mass is 110 g/mol. The van der Waals surface area contributed by atoms with Crippen LogP contribution in [0.4, 0.5) is 0 Å². The lowest BCUT2D eigenvalue weighted by Crippen LogP contribution is -2.13. The van der Waals surface area contributed by atoms with E-state index in [-0.39, 0.29) is 0 Å². The molecule has 0 spiro atoms. The third-order valence-corrected chi connectivity index (χ3v) is 0.587. The highest BCUT2D eigenvalue weighted by atomic mass is 16.3. The molecule has 0 aliphatic rings. The Hall–Kier alpha value is -0.740. The van der Waals surface area contributed by atoms with Crippen molar-refractivity contribution >= 4 is 0 Å². The smallest absolute Gasteiger partial charge is 0.0780 e. The minimum Gasteiger partial charge on any atom is -0.386 e. The second kappa shape index (κ2) is 2.54. The Kier molecular flexibility index (Phi) is 2.30. The Bertz CT molecular complexity index is 120. The van der Waals surface area contributed by atoms with Crippen LogP contribution in [0.5, 0.6) is 0 Å². The fourth-order valence-corrected chi connectivity index (χ4v) is 0.252. The first-order valence-corrected chi connectivity index (χ1v) is 2.42. The van der Waals surface area contributed by atoms with Crippen LogP contribution in [0.3, 0.4) is 0 Å². The van der Waals surface area contributed by atoms with Crippen molar-refractivity contribution in [1.29, 1.82) is 0 Å². The summed E-state index contributed by atoms with van der Waals surface area (Å²) in [6.45, 7) is 3.34. The van der Waals surface area contributed by atoms with Crippen molar-refractivity contribution < 1.29 is 5.11 Å². The van der Waals surface area contributed by atoms with Crippen molar-refractivity contribution in [3.05, 3.63) is 12.2 Å². The molecule has 0 amide bonds. The summed E-state index contributed by atoms with van der Waals surface area (Å²) in [7, 11) is 0. The molecule has 1 N–H and O–H groups in total. The number of rotatable bonds is 1. The molecule has 1 heteroatoms. The van der Waals surface area contributed by atoms with Gasteiger partial charge >= 0.3 is 0 Å². The van der Waals surface area contributed by atoms with Crippen LogP contribution in [0.15, 0.2) is 12.2 Å². The third-order valence-electron chi connectivity index (χ3n) is 0.587. The fraction of sp³-hybridized carbons (Fsp3) is 0.429. The van der Waals surface area contributed by atoms with Crippen LogP contribution >= 0.6 is 0 Å². The van der Waals surface area contributed by atoms with E-state index in [0.29, 0.717) is 0 Å². The van der Waals surface area contributed by atoms with E-state index in [2.05, 4.69) is 5.92 Å². The molecule has 0 aliphatic heterocycles. The minimum absolute atomic E-state index is 0.771. The van der Waals surface area contributed by atoms with Gasteiger partial charge in [0.05, 0.1) is 5.60 Å². The molecular weight excluding hydrogens is 100 g/mol. The van der Waals surface area contributed by atoms with Gasteiger partial charge in [-0.1, -0.05) is 5.92 Å². The second-order valence-corrected chi connectivity index (χ2v) is 2.15. The number of hydrogen-bond donors (Lipinski definition) is 1. The van der Waals surface area contributed by atoms with Gasteiger partial charge in [0.15, 0.2) is 0 Å². The number of hydrogen-bond acceptors (Lipinski definition) is 1. The molecule has 0 bridgehead atoms. The lowest BCUT2D eigenvalue weighted by molar-refractivity contribution is 0.133. The highest BCUT2D eigenvalue weighted by molar-refractivity contribution is 5.12. The van der Waals surface area contributed by atoms with Crippen molar-refractivity contribution in [1.82, 2.24) is 0 Å².